The zero-order valence-corrected chi connectivity index (χ0v) is 28.2. The van der Waals surface area contributed by atoms with Gasteiger partial charge in [-0.2, -0.15) is 8.42 Å². The quantitative estimate of drug-likeness (QED) is 0.115. The summed E-state index contributed by atoms with van der Waals surface area (Å²) in [6, 6.07) is 2.90. The number of amides is 2. The number of nitrogens with one attached hydrogen (secondary N) is 1. The van der Waals surface area contributed by atoms with Gasteiger partial charge in [-0.25, -0.2) is 18.9 Å². The van der Waals surface area contributed by atoms with E-state index in [9.17, 15) is 36.9 Å². The largest absolute Gasteiger partial charge is 0.457 e. The number of rotatable bonds is 11. The minimum atomic E-state index is -5.03. The third kappa shape index (κ3) is 9.43. The molecular weight excluding hydrogens is 646 g/mol. The number of carbonyl (C=O) groups is 4. The third-order valence-electron chi connectivity index (χ3n) is 6.11. The van der Waals surface area contributed by atoms with Crippen molar-refractivity contribution in [2.24, 2.45) is 11.1 Å². The summed E-state index contributed by atoms with van der Waals surface area (Å²) in [5, 5.41) is 7.74. The summed E-state index contributed by atoms with van der Waals surface area (Å²) < 4.78 is 45.6. The van der Waals surface area contributed by atoms with Gasteiger partial charge in [0.2, 0.25) is 11.5 Å². The maximum absolute atomic E-state index is 13.7. The second kappa shape index (κ2) is 13.3. The molecule has 252 valence electrons. The smallest absolute Gasteiger partial charge is 0.413 e. The van der Waals surface area contributed by atoms with E-state index in [2.05, 4.69) is 15.5 Å². The number of hydrogen-bond acceptors (Lipinski definition) is 13. The Labute approximate surface area is 269 Å². The van der Waals surface area contributed by atoms with Gasteiger partial charge < -0.3 is 18.9 Å². The number of Topliss-reactive ketones (excluding diaryl/α,β-unsaturated/α-hetero) is 1. The Kier molecular flexibility index (Phi) is 10.5. The third-order valence-corrected chi connectivity index (χ3v) is 7.82. The predicted octanol–water partition coefficient (Wildman–Crippen LogP) is 2.78. The van der Waals surface area contributed by atoms with E-state index in [-0.39, 0.29) is 21.7 Å². The minimum Gasteiger partial charge on any atom is -0.457 e. The number of oxime groups is 1. The second-order valence-corrected chi connectivity index (χ2v) is 15.0. The Hall–Kier alpha value is -4.16. The van der Waals surface area contributed by atoms with Crippen molar-refractivity contribution in [3.8, 4) is 0 Å². The van der Waals surface area contributed by atoms with E-state index in [0.717, 1.165) is 15.9 Å². The molecule has 2 amide bonds. The van der Waals surface area contributed by atoms with Gasteiger partial charge in [-0.1, -0.05) is 11.2 Å². The Balaban J connectivity index is 1.96. The number of ketones is 1. The number of pyridine rings is 1. The molecule has 18 heteroatoms. The molecular formula is C28H37N5O11S2. The fraction of sp³-hybridized carbons (Fsp3) is 0.536. The molecule has 0 spiro atoms. The number of ether oxygens (including phenoxy) is 2. The van der Waals surface area contributed by atoms with Crippen LogP contribution in [0.1, 0.15) is 67.5 Å². The molecule has 46 heavy (non-hydrogen) atoms. The topological polar surface area (TPSA) is 213 Å². The molecule has 2 atom stereocenters. The highest BCUT2D eigenvalue weighted by atomic mass is 32.2. The monoisotopic (exact) mass is 683 g/mol. The van der Waals surface area contributed by atoms with Crippen molar-refractivity contribution >= 4 is 56.2 Å². The van der Waals surface area contributed by atoms with Gasteiger partial charge in [0.25, 0.3) is 5.56 Å². The fourth-order valence-corrected chi connectivity index (χ4v) is 5.66. The number of thiazole rings is 1. The highest BCUT2D eigenvalue weighted by Gasteiger charge is 2.54. The molecule has 2 aromatic rings. The molecule has 0 aliphatic carbocycles. The Morgan fingerprint density at radius 3 is 2.24 bits per heavy atom. The van der Waals surface area contributed by atoms with Gasteiger partial charge in [0.05, 0.1) is 12.0 Å². The molecule has 16 nitrogen and oxygen atoms in total. The van der Waals surface area contributed by atoms with Crippen LogP contribution in [0.15, 0.2) is 39.7 Å². The molecule has 1 aliphatic rings. The van der Waals surface area contributed by atoms with Crippen LogP contribution in [0, 0.1) is 5.92 Å². The molecule has 3 rings (SSSR count). The molecule has 1 fully saturated rings. The van der Waals surface area contributed by atoms with Crippen molar-refractivity contribution < 1.29 is 46.5 Å². The van der Waals surface area contributed by atoms with Gasteiger partial charge in [0.1, 0.15) is 16.9 Å². The first-order valence-corrected chi connectivity index (χ1v) is 16.2. The van der Waals surface area contributed by atoms with Crippen molar-refractivity contribution in [3.05, 3.63) is 45.8 Å². The summed E-state index contributed by atoms with van der Waals surface area (Å²) in [4.78, 5) is 73.6. The average Bonchev–Trinajstić information content (AvgIpc) is 3.32. The predicted molar refractivity (Wildman–Crippen MR) is 166 cm³/mol. The van der Waals surface area contributed by atoms with Crippen molar-refractivity contribution in [3.63, 3.8) is 0 Å². The van der Waals surface area contributed by atoms with Crippen LogP contribution < -0.4 is 10.9 Å². The Morgan fingerprint density at radius 2 is 1.67 bits per heavy atom. The van der Waals surface area contributed by atoms with E-state index in [1.165, 1.54) is 43.6 Å². The molecule has 0 bridgehead atoms. The molecule has 0 aromatic carbocycles. The molecule has 2 N–H and O–H groups in total. The standard InChI is InChI=1S/C28H37N5O11S2/c1-26(2,3)42-23(37)28(7,8)44-31-21(17-15-45-24(29-17)30-25(38)43-27(4,5)6)19(34)13-16-18(33(22(16)36)46(39,40)41)14-32-12-10-9-11-20(32)35/h9-12,15-16,18H,13-14H2,1-8H3,(H,29,30,38)(H,39,40,41)/b31-21-/t16-,18+/m0/s1. The fourth-order valence-electron chi connectivity index (χ4n) is 4.06. The van der Waals surface area contributed by atoms with E-state index in [4.69, 9.17) is 14.3 Å². The summed E-state index contributed by atoms with van der Waals surface area (Å²) in [6.07, 6.45) is -0.0940. The lowest BCUT2D eigenvalue weighted by Crippen LogP contribution is -2.65. The maximum Gasteiger partial charge on any atom is 0.413 e. The minimum absolute atomic E-state index is 0.0229. The Bertz CT molecular complexity index is 1700. The zero-order valence-electron chi connectivity index (χ0n) is 26.6. The van der Waals surface area contributed by atoms with Crippen LogP contribution in [-0.2, 0) is 45.5 Å². The average molecular weight is 684 g/mol. The van der Waals surface area contributed by atoms with Crippen molar-refractivity contribution in [1.82, 2.24) is 13.9 Å². The summed E-state index contributed by atoms with van der Waals surface area (Å²) in [5.41, 5.74) is -4.43. The van der Waals surface area contributed by atoms with Crippen molar-refractivity contribution in [2.75, 3.05) is 5.32 Å². The van der Waals surface area contributed by atoms with E-state index in [0.29, 0.717) is 0 Å². The van der Waals surface area contributed by atoms with Crippen LogP contribution in [0.25, 0.3) is 0 Å². The van der Waals surface area contributed by atoms with Gasteiger partial charge in [0, 0.05) is 30.6 Å². The number of anilines is 1. The zero-order chi connectivity index (χ0) is 34.8. The van der Waals surface area contributed by atoms with Crippen LogP contribution in [0.3, 0.4) is 0 Å². The van der Waals surface area contributed by atoms with E-state index < -0.39 is 80.5 Å². The van der Waals surface area contributed by atoms with E-state index in [1.54, 1.807) is 41.5 Å². The second-order valence-electron chi connectivity index (χ2n) is 12.8. The SMILES string of the molecule is CC(C)(C)OC(=O)Nc1nc(/C(=N/OC(C)(C)C(=O)OC(C)(C)C)C(=O)C[C@@H]2C(=O)N(S(=O)(=O)O)[C@@H]2Cn2ccccc2=O)cs1. The molecule has 2 aromatic heterocycles. The van der Waals surface area contributed by atoms with Gasteiger partial charge >= 0.3 is 22.4 Å². The lowest BCUT2D eigenvalue weighted by atomic mass is 9.84. The lowest BCUT2D eigenvalue weighted by Gasteiger charge is -2.44. The van der Waals surface area contributed by atoms with Crippen LogP contribution in [0.2, 0.25) is 0 Å². The molecule has 3 heterocycles. The van der Waals surface area contributed by atoms with Gasteiger partial charge in [-0.3, -0.25) is 24.3 Å². The molecule has 0 radical (unpaired) electrons. The summed E-state index contributed by atoms with van der Waals surface area (Å²) >= 11 is 0.915. The van der Waals surface area contributed by atoms with Crippen LogP contribution in [0.5, 0.6) is 0 Å². The van der Waals surface area contributed by atoms with E-state index in [1.807, 2.05) is 0 Å². The van der Waals surface area contributed by atoms with Gasteiger partial charge in [-0.05, 0) is 61.5 Å². The summed E-state index contributed by atoms with van der Waals surface area (Å²) in [6.45, 7) is 12.3. The van der Waals surface area contributed by atoms with Crippen molar-refractivity contribution in [2.45, 2.75) is 91.2 Å². The van der Waals surface area contributed by atoms with E-state index >= 15 is 0 Å². The molecule has 1 aliphatic heterocycles. The highest BCUT2D eigenvalue weighted by Crippen LogP contribution is 2.34. The number of aromatic nitrogens is 2. The molecule has 0 unspecified atom stereocenters. The molecule has 1 saturated heterocycles. The first-order valence-electron chi connectivity index (χ1n) is 13.9. The van der Waals surface area contributed by atoms with Crippen LogP contribution >= 0.6 is 11.3 Å². The van der Waals surface area contributed by atoms with Crippen molar-refractivity contribution in [1.29, 1.82) is 0 Å². The Morgan fingerprint density at radius 1 is 1.04 bits per heavy atom. The number of β-lactam (4-membered cyclic amide) rings is 1. The lowest BCUT2D eigenvalue weighted by molar-refractivity contribution is -0.179. The number of esters is 1. The van der Waals surface area contributed by atoms with Gasteiger partial charge in [-0.15, -0.1) is 11.3 Å². The van der Waals surface area contributed by atoms with Crippen LogP contribution in [-0.4, -0.2) is 79.1 Å². The number of carbonyl (C=O) groups excluding carboxylic acids is 4. The summed E-state index contributed by atoms with van der Waals surface area (Å²) in [5.74, 6) is -4.03. The first kappa shape index (κ1) is 36.3. The number of nitrogens with zero attached hydrogens (tertiary/aromatic N) is 4. The first-order chi connectivity index (χ1) is 21.0. The normalized spacial score (nSPS) is 17.6. The maximum atomic E-state index is 13.7. The van der Waals surface area contributed by atoms with Crippen LogP contribution in [0.4, 0.5) is 9.93 Å². The summed E-state index contributed by atoms with van der Waals surface area (Å²) in [7, 11) is -5.03. The number of hydrogen-bond donors (Lipinski definition) is 2. The molecule has 0 saturated carbocycles. The highest BCUT2D eigenvalue weighted by molar-refractivity contribution is 7.84. The van der Waals surface area contributed by atoms with Gasteiger partial charge in [0.15, 0.2) is 16.6 Å².